The molecule has 35 heavy (non-hydrogen) atoms. The minimum Gasteiger partial charge on any atom is -0.494 e. The number of nitrogens with zero attached hydrogens (tertiary/aromatic N) is 3. The predicted octanol–water partition coefficient (Wildman–Crippen LogP) is 6.74. The fourth-order valence-electron chi connectivity index (χ4n) is 3.76. The van der Waals surface area contributed by atoms with Crippen molar-refractivity contribution in [2.24, 2.45) is 0 Å². The second-order valence-corrected chi connectivity index (χ2v) is 9.24. The zero-order valence-electron chi connectivity index (χ0n) is 20.0. The Morgan fingerprint density at radius 1 is 0.971 bits per heavy atom. The topological polar surface area (TPSA) is 54.9 Å². The molecule has 0 spiro atoms. The van der Waals surface area contributed by atoms with Gasteiger partial charge in [0.1, 0.15) is 22.8 Å². The Hall–Kier alpha value is -3.13. The van der Waals surface area contributed by atoms with Crippen LogP contribution in [0.2, 0.25) is 5.02 Å². The van der Waals surface area contributed by atoms with Gasteiger partial charge in [-0.15, -0.1) is 0 Å². The van der Waals surface area contributed by atoms with Crippen molar-refractivity contribution >= 4 is 44.2 Å². The molecule has 4 aromatic rings. The van der Waals surface area contributed by atoms with E-state index in [4.69, 9.17) is 26.1 Å². The van der Waals surface area contributed by atoms with E-state index in [1.165, 1.54) is 11.3 Å². The molecule has 1 aromatic heterocycles. The summed E-state index contributed by atoms with van der Waals surface area (Å²) in [4.78, 5) is 22.6. The summed E-state index contributed by atoms with van der Waals surface area (Å²) in [7, 11) is 1.60. The molecule has 0 bridgehead atoms. The van der Waals surface area contributed by atoms with Crippen molar-refractivity contribution in [2.75, 3.05) is 38.2 Å². The molecular formula is C27H28ClN3O3S. The van der Waals surface area contributed by atoms with Crippen LogP contribution >= 0.6 is 22.9 Å². The molecule has 0 saturated heterocycles. The number of methoxy groups -OCH3 is 1. The number of rotatable bonds is 10. The Morgan fingerprint density at radius 3 is 2.43 bits per heavy atom. The summed E-state index contributed by atoms with van der Waals surface area (Å²) in [5.74, 6) is 1.79. The van der Waals surface area contributed by atoms with E-state index >= 15 is 0 Å². The van der Waals surface area contributed by atoms with Crippen LogP contribution in [0.3, 0.4) is 0 Å². The minimum atomic E-state index is -0.148. The fraction of sp³-hybridized carbons (Fsp3) is 0.259. The third kappa shape index (κ3) is 5.75. The highest BCUT2D eigenvalue weighted by molar-refractivity contribution is 7.23. The smallest absolute Gasteiger partial charge is 0.260 e. The molecule has 0 radical (unpaired) electrons. The van der Waals surface area contributed by atoms with Gasteiger partial charge < -0.3 is 14.4 Å². The molecule has 0 atom stereocenters. The van der Waals surface area contributed by atoms with Crippen molar-refractivity contribution in [2.45, 2.75) is 13.8 Å². The molecule has 0 aliphatic heterocycles. The molecule has 0 aliphatic rings. The number of anilines is 1. The number of fused-ring (bicyclic) bond motifs is 1. The lowest BCUT2D eigenvalue weighted by atomic mass is 10.2. The molecule has 1 amide bonds. The molecule has 0 N–H and O–H groups in total. The van der Waals surface area contributed by atoms with Crippen LogP contribution in [0.1, 0.15) is 24.2 Å². The largest absolute Gasteiger partial charge is 0.494 e. The number of aromatic nitrogens is 1. The number of likely N-dealkylation sites (N-methyl/N-ethyl adjacent to an activating group) is 1. The van der Waals surface area contributed by atoms with Crippen LogP contribution in [0.5, 0.6) is 17.2 Å². The monoisotopic (exact) mass is 509 g/mol. The fourth-order valence-corrected chi connectivity index (χ4v) is 5.04. The van der Waals surface area contributed by atoms with Crippen LogP contribution in [0, 0.1) is 0 Å². The Labute approximate surface area is 214 Å². The first-order chi connectivity index (χ1) is 17.0. The molecule has 182 valence electrons. The maximum absolute atomic E-state index is 13.8. The van der Waals surface area contributed by atoms with Gasteiger partial charge in [-0.25, -0.2) is 4.98 Å². The number of thiazole rings is 1. The van der Waals surface area contributed by atoms with Crippen LogP contribution < -0.4 is 14.4 Å². The first-order valence-electron chi connectivity index (χ1n) is 11.5. The first-order valence-corrected chi connectivity index (χ1v) is 12.7. The summed E-state index contributed by atoms with van der Waals surface area (Å²) in [5.41, 5.74) is 1.18. The Balaban J connectivity index is 1.69. The van der Waals surface area contributed by atoms with E-state index in [0.29, 0.717) is 45.0 Å². The zero-order chi connectivity index (χ0) is 24.8. The zero-order valence-corrected chi connectivity index (χ0v) is 21.6. The molecule has 3 aromatic carbocycles. The van der Waals surface area contributed by atoms with Gasteiger partial charge >= 0.3 is 0 Å². The highest BCUT2D eigenvalue weighted by Gasteiger charge is 2.24. The highest BCUT2D eigenvalue weighted by Crippen LogP contribution is 2.39. The van der Waals surface area contributed by atoms with E-state index in [9.17, 15) is 4.79 Å². The average molecular weight is 510 g/mol. The maximum Gasteiger partial charge on any atom is 0.260 e. The number of para-hydroxylation sites is 1. The van der Waals surface area contributed by atoms with Crippen LogP contribution in [0.4, 0.5) is 5.13 Å². The molecule has 0 saturated carbocycles. The average Bonchev–Trinajstić information content (AvgIpc) is 3.33. The lowest BCUT2D eigenvalue weighted by Gasteiger charge is -2.25. The summed E-state index contributed by atoms with van der Waals surface area (Å²) in [6.45, 7) is 7.24. The number of halogens is 1. The SMILES string of the molecule is CCN(CC)CCN(C(=O)c1cccc(Oc2ccccc2)c1)c1nc2c(OC)ccc(Cl)c2s1. The summed E-state index contributed by atoms with van der Waals surface area (Å²) in [5, 5.41) is 1.16. The normalized spacial score (nSPS) is 11.1. The second kappa shape index (κ2) is 11.5. The number of ether oxygens (including phenoxy) is 2. The van der Waals surface area contributed by atoms with Crippen LogP contribution in [-0.2, 0) is 0 Å². The summed E-state index contributed by atoms with van der Waals surface area (Å²) in [6, 6.07) is 20.3. The number of carbonyl (C=O) groups excluding carboxylic acids is 1. The van der Waals surface area contributed by atoms with Crippen molar-refractivity contribution in [3.8, 4) is 17.2 Å². The van der Waals surface area contributed by atoms with E-state index in [-0.39, 0.29) is 5.91 Å². The van der Waals surface area contributed by atoms with Gasteiger partial charge in [0.15, 0.2) is 5.13 Å². The summed E-state index contributed by atoms with van der Waals surface area (Å²) < 4.78 is 12.2. The van der Waals surface area contributed by atoms with Gasteiger partial charge in [-0.2, -0.15) is 0 Å². The number of hydrogen-bond acceptors (Lipinski definition) is 6. The Bertz CT molecular complexity index is 1290. The van der Waals surface area contributed by atoms with Gasteiger partial charge in [0, 0.05) is 18.7 Å². The number of amides is 1. The van der Waals surface area contributed by atoms with Gasteiger partial charge in [0.25, 0.3) is 5.91 Å². The molecule has 0 fully saturated rings. The number of carbonyl (C=O) groups is 1. The summed E-state index contributed by atoms with van der Waals surface area (Å²) in [6.07, 6.45) is 0. The third-order valence-corrected chi connectivity index (χ3v) is 7.28. The van der Waals surface area contributed by atoms with Crippen LogP contribution in [0.15, 0.2) is 66.7 Å². The second-order valence-electron chi connectivity index (χ2n) is 7.85. The molecule has 6 nitrogen and oxygen atoms in total. The van der Waals surface area contributed by atoms with Crippen molar-refractivity contribution in [3.05, 3.63) is 77.3 Å². The van der Waals surface area contributed by atoms with E-state index < -0.39 is 0 Å². The molecular weight excluding hydrogens is 482 g/mol. The molecule has 4 rings (SSSR count). The Morgan fingerprint density at radius 2 is 1.71 bits per heavy atom. The maximum atomic E-state index is 13.8. The first kappa shape index (κ1) is 25.0. The third-order valence-electron chi connectivity index (χ3n) is 5.74. The van der Waals surface area contributed by atoms with Crippen LogP contribution in [-0.4, -0.2) is 49.1 Å². The molecule has 0 aliphatic carbocycles. The quantitative estimate of drug-likeness (QED) is 0.237. The highest BCUT2D eigenvalue weighted by atomic mass is 35.5. The van der Waals surface area contributed by atoms with E-state index in [2.05, 4.69) is 18.7 Å². The van der Waals surface area contributed by atoms with Crippen molar-refractivity contribution in [1.82, 2.24) is 9.88 Å². The molecule has 0 unspecified atom stereocenters. The van der Waals surface area contributed by atoms with Gasteiger partial charge in [0.05, 0.1) is 16.8 Å². The molecule has 1 heterocycles. The standard InChI is InChI=1S/C27H28ClN3O3S/c1-4-30(5-2)16-17-31(27-29-24-23(33-3)15-14-22(28)25(24)35-27)26(32)19-10-9-13-21(18-19)34-20-11-7-6-8-12-20/h6-15,18H,4-5,16-17H2,1-3H3. The predicted molar refractivity (Wildman–Crippen MR) is 144 cm³/mol. The van der Waals surface area contributed by atoms with Gasteiger partial charge in [-0.05, 0) is 55.6 Å². The van der Waals surface area contributed by atoms with E-state index in [0.717, 1.165) is 24.3 Å². The van der Waals surface area contributed by atoms with Gasteiger partial charge in [-0.1, -0.05) is 61.1 Å². The number of hydrogen-bond donors (Lipinski definition) is 0. The lowest BCUT2D eigenvalue weighted by Crippen LogP contribution is -2.38. The van der Waals surface area contributed by atoms with Crippen molar-refractivity contribution in [3.63, 3.8) is 0 Å². The lowest BCUT2D eigenvalue weighted by molar-refractivity contribution is 0.0983. The van der Waals surface area contributed by atoms with E-state index in [1.54, 1.807) is 36.3 Å². The summed E-state index contributed by atoms with van der Waals surface area (Å²) >= 11 is 7.85. The van der Waals surface area contributed by atoms with Crippen molar-refractivity contribution < 1.29 is 14.3 Å². The minimum absolute atomic E-state index is 0.148. The number of benzene rings is 3. The van der Waals surface area contributed by atoms with Crippen molar-refractivity contribution in [1.29, 1.82) is 0 Å². The van der Waals surface area contributed by atoms with E-state index in [1.807, 2.05) is 42.5 Å². The van der Waals surface area contributed by atoms with Crippen LogP contribution in [0.25, 0.3) is 10.2 Å². The van der Waals surface area contributed by atoms with Gasteiger partial charge in [0.2, 0.25) is 0 Å². The van der Waals surface area contributed by atoms with Gasteiger partial charge in [-0.3, -0.25) is 9.69 Å². The molecule has 8 heteroatoms. The Kier molecular flexibility index (Phi) is 8.23.